The van der Waals surface area contributed by atoms with Gasteiger partial charge in [0, 0.05) is 20.1 Å². The number of rotatable bonds is 8. The predicted octanol–water partition coefficient (Wildman–Crippen LogP) is 1.23. The Morgan fingerprint density at radius 1 is 1.29 bits per heavy atom. The number of hydrogen-bond acceptors (Lipinski definition) is 3. The van der Waals surface area contributed by atoms with Crippen LogP contribution in [-0.4, -0.2) is 48.7 Å². The molecule has 100 valence electrons. The fourth-order valence-corrected chi connectivity index (χ4v) is 1.30. The van der Waals surface area contributed by atoms with E-state index in [4.69, 9.17) is 9.84 Å². The van der Waals surface area contributed by atoms with Crippen LogP contribution in [0.15, 0.2) is 0 Å². The Bertz CT molecular complexity index is 253. The SMILES string of the molecule is COCCN(CC(=O)O)C(=O)CC(C)C(C)C. The van der Waals surface area contributed by atoms with Gasteiger partial charge in [-0.3, -0.25) is 9.59 Å². The number of carboxylic acid groups (broad SMARTS) is 1. The van der Waals surface area contributed by atoms with Gasteiger partial charge >= 0.3 is 5.97 Å². The topological polar surface area (TPSA) is 66.8 Å². The van der Waals surface area contributed by atoms with E-state index in [1.165, 1.54) is 12.0 Å². The van der Waals surface area contributed by atoms with Crippen LogP contribution in [0.25, 0.3) is 0 Å². The maximum atomic E-state index is 11.9. The molecule has 1 amide bonds. The number of amides is 1. The molecule has 0 radical (unpaired) electrons. The van der Waals surface area contributed by atoms with Crippen molar-refractivity contribution in [3.63, 3.8) is 0 Å². The van der Waals surface area contributed by atoms with E-state index in [0.29, 0.717) is 25.5 Å². The molecule has 5 nitrogen and oxygen atoms in total. The van der Waals surface area contributed by atoms with Gasteiger partial charge in [-0.25, -0.2) is 0 Å². The third-order valence-electron chi connectivity index (χ3n) is 2.88. The smallest absolute Gasteiger partial charge is 0.323 e. The number of carboxylic acids is 1. The van der Waals surface area contributed by atoms with E-state index in [2.05, 4.69) is 13.8 Å². The first-order chi connectivity index (χ1) is 7.88. The molecule has 0 aromatic carbocycles. The van der Waals surface area contributed by atoms with Crippen molar-refractivity contribution in [3.8, 4) is 0 Å². The number of ether oxygens (including phenoxy) is 1. The molecule has 17 heavy (non-hydrogen) atoms. The van der Waals surface area contributed by atoms with E-state index in [1.54, 1.807) is 0 Å². The fraction of sp³-hybridized carbons (Fsp3) is 0.833. The maximum Gasteiger partial charge on any atom is 0.323 e. The summed E-state index contributed by atoms with van der Waals surface area (Å²) in [5.41, 5.74) is 0. The second-order valence-electron chi connectivity index (χ2n) is 4.63. The van der Waals surface area contributed by atoms with E-state index in [-0.39, 0.29) is 18.4 Å². The molecule has 0 aliphatic carbocycles. The quantitative estimate of drug-likeness (QED) is 0.698. The summed E-state index contributed by atoms with van der Waals surface area (Å²) in [6.07, 6.45) is 0.384. The van der Waals surface area contributed by atoms with Gasteiger partial charge in [-0.05, 0) is 11.8 Å². The number of methoxy groups -OCH3 is 1. The van der Waals surface area contributed by atoms with Crippen molar-refractivity contribution in [2.24, 2.45) is 11.8 Å². The molecule has 0 aliphatic rings. The first-order valence-corrected chi connectivity index (χ1v) is 5.87. The van der Waals surface area contributed by atoms with Gasteiger partial charge in [0.15, 0.2) is 0 Å². The van der Waals surface area contributed by atoms with Crippen molar-refractivity contribution >= 4 is 11.9 Å². The standard InChI is InChI=1S/C12H23NO4/c1-9(2)10(3)7-11(14)13(5-6-17-4)8-12(15)16/h9-10H,5-8H2,1-4H3,(H,15,16). The monoisotopic (exact) mass is 245 g/mol. The summed E-state index contributed by atoms with van der Waals surface area (Å²) in [7, 11) is 1.53. The average Bonchev–Trinajstić information content (AvgIpc) is 2.23. The van der Waals surface area contributed by atoms with Crippen molar-refractivity contribution in [3.05, 3.63) is 0 Å². The Morgan fingerprint density at radius 3 is 2.29 bits per heavy atom. The van der Waals surface area contributed by atoms with E-state index >= 15 is 0 Å². The van der Waals surface area contributed by atoms with Crippen LogP contribution in [0.1, 0.15) is 27.2 Å². The summed E-state index contributed by atoms with van der Waals surface area (Å²) in [6.45, 7) is 6.52. The van der Waals surface area contributed by atoms with Gasteiger partial charge in [0.05, 0.1) is 6.61 Å². The molecule has 0 aromatic rings. The molecule has 1 N–H and O–H groups in total. The Balaban J connectivity index is 4.35. The van der Waals surface area contributed by atoms with Crippen LogP contribution < -0.4 is 0 Å². The van der Waals surface area contributed by atoms with E-state index in [1.807, 2.05) is 6.92 Å². The molecule has 0 heterocycles. The molecule has 0 spiro atoms. The summed E-state index contributed by atoms with van der Waals surface area (Å²) >= 11 is 0. The van der Waals surface area contributed by atoms with Crippen LogP contribution >= 0.6 is 0 Å². The van der Waals surface area contributed by atoms with E-state index < -0.39 is 5.97 Å². The first kappa shape index (κ1) is 15.9. The molecule has 1 atom stereocenters. The maximum absolute atomic E-state index is 11.9. The summed E-state index contributed by atoms with van der Waals surface area (Å²) in [4.78, 5) is 23.9. The van der Waals surface area contributed by atoms with Crippen molar-refractivity contribution in [1.29, 1.82) is 0 Å². The molecule has 5 heteroatoms. The van der Waals surface area contributed by atoms with E-state index in [0.717, 1.165) is 0 Å². The van der Waals surface area contributed by atoms with Gasteiger partial charge in [0.2, 0.25) is 5.91 Å². The lowest BCUT2D eigenvalue weighted by molar-refractivity contribution is -0.145. The summed E-state index contributed by atoms with van der Waals surface area (Å²) in [5, 5.41) is 8.74. The summed E-state index contributed by atoms with van der Waals surface area (Å²) in [6, 6.07) is 0. The molecule has 0 rings (SSSR count). The molecule has 0 saturated carbocycles. The lowest BCUT2D eigenvalue weighted by Gasteiger charge is -2.23. The van der Waals surface area contributed by atoms with Gasteiger partial charge in [0.1, 0.15) is 6.54 Å². The number of nitrogens with zero attached hydrogens (tertiary/aromatic N) is 1. The van der Waals surface area contributed by atoms with Crippen LogP contribution in [0, 0.1) is 11.8 Å². The van der Waals surface area contributed by atoms with Crippen LogP contribution in [-0.2, 0) is 14.3 Å². The molecular weight excluding hydrogens is 222 g/mol. The summed E-state index contributed by atoms with van der Waals surface area (Å²) < 4.78 is 4.87. The first-order valence-electron chi connectivity index (χ1n) is 5.87. The number of hydrogen-bond donors (Lipinski definition) is 1. The minimum Gasteiger partial charge on any atom is -0.480 e. The molecule has 0 fully saturated rings. The minimum absolute atomic E-state index is 0.120. The molecule has 0 aromatic heterocycles. The average molecular weight is 245 g/mol. The highest BCUT2D eigenvalue weighted by Crippen LogP contribution is 2.15. The third kappa shape index (κ3) is 6.94. The molecule has 0 aliphatic heterocycles. The van der Waals surface area contributed by atoms with Crippen LogP contribution in [0.5, 0.6) is 0 Å². The van der Waals surface area contributed by atoms with Crippen LogP contribution in [0.3, 0.4) is 0 Å². The Kier molecular flexibility index (Phi) is 7.54. The Morgan fingerprint density at radius 2 is 1.88 bits per heavy atom. The van der Waals surface area contributed by atoms with Gasteiger partial charge < -0.3 is 14.7 Å². The molecule has 1 unspecified atom stereocenters. The third-order valence-corrected chi connectivity index (χ3v) is 2.88. The largest absolute Gasteiger partial charge is 0.480 e. The van der Waals surface area contributed by atoms with Gasteiger partial charge in [-0.2, -0.15) is 0 Å². The van der Waals surface area contributed by atoms with Crippen molar-refractivity contribution in [1.82, 2.24) is 4.90 Å². The molecular formula is C12H23NO4. The van der Waals surface area contributed by atoms with Gasteiger partial charge in [0.25, 0.3) is 0 Å². The second kappa shape index (κ2) is 8.06. The number of aliphatic carboxylic acids is 1. The lowest BCUT2D eigenvalue weighted by Crippen LogP contribution is -2.38. The highest BCUT2D eigenvalue weighted by atomic mass is 16.5. The van der Waals surface area contributed by atoms with Crippen molar-refractivity contribution < 1.29 is 19.4 Å². The van der Waals surface area contributed by atoms with Gasteiger partial charge in [-0.15, -0.1) is 0 Å². The second-order valence-corrected chi connectivity index (χ2v) is 4.63. The summed E-state index contributed by atoms with van der Waals surface area (Å²) in [5.74, 6) is -0.452. The zero-order valence-electron chi connectivity index (χ0n) is 11.1. The fourth-order valence-electron chi connectivity index (χ4n) is 1.30. The molecule has 0 saturated heterocycles. The number of carbonyl (C=O) groups is 2. The Hall–Kier alpha value is -1.10. The van der Waals surface area contributed by atoms with Crippen molar-refractivity contribution in [2.45, 2.75) is 27.2 Å². The normalized spacial score (nSPS) is 12.5. The van der Waals surface area contributed by atoms with Crippen molar-refractivity contribution in [2.75, 3.05) is 26.8 Å². The van der Waals surface area contributed by atoms with E-state index in [9.17, 15) is 9.59 Å². The zero-order chi connectivity index (χ0) is 13.4. The Labute approximate surface area is 103 Å². The van der Waals surface area contributed by atoms with Gasteiger partial charge in [-0.1, -0.05) is 20.8 Å². The zero-order valence-corrected chi connectivity index (χ0v) is 11.1. The number of carbonyl (C=O) groups excluding carboxylic acids is 1. The predicted molar refractivity (Wildman–Crippen MR) is 64.7 cm³/mol. The minimum atomic E-state index is -0.994. The molecule has 0 bridgehead atoms. The highest BCUT2D eigenvalue weighted by Gasteiger charge is 2.20. The van der Waals surface area contributed by atoms with Crippen LogP contribution in [0.2, 0.25) is 0 Å². The lowest BCUT2D eigenvalue weighted by atomic mass is 9.94. The van der Waals surface area contributed by atoms with Crippen LogP contribution in [0.4, 0.5) is 0 Å². The highest BCUT2D eigenvalue weighted by molar-refractivity contribution is 5.81.